The highest BCUT2D eigenvalue weighted by molar-refractivity contribution is 6.32. The maximum atomic E-state index is 6.30. The molecule has 0 aliphatic carbocycles. The van der Waals surface area contributed by atoms with Crippen LogP contribution < -0.4 is 4.74 Å². The van der Waals surface area contributed by atoms with Gasteiger partial charge in [-0.1, -0.05) is 35.5 Å². The van der Waals surface area contributed by atoms with E-state index in [2.05, 4.69) is 21.6 Å². The normalized spacial score (nSPS) is 18.5. The molecule has 2 aromatic rings. The minimum atomic E-state index is -0.0459. The van der Waals surface area contributed by atoms with Gasteiger partial charge in [0.25, 0.3) is 0 Å². The average Bonchev–Trinajstić information content (AvgIpc) is 3.01. The zero-order chi connectivity index (χ0) is 16.9. The van der Waals surface area contributed by atoms with Gasteiger partial charge < -0.3 is 14.0 Å². The summed E-state index contributed by atoms with van der Waals surface area (Å²) in [5, 5.41) is 4.46. The second-order valence-electron chi connectivity index (χ2n) is 5.61. The Hall–Kier alpha value is -1.89. The van der Waals surface area contributed by atoms with Crippen molar-refractivity contribution in [2.24, 2.45) is 0 Å². The highest BCUT2D eigenvalue weighted by Crippen LogP contribution is 2.29. The Labute approximate surface area is 146 Å². The van der Waals surface area contributed by atoms with Crippen LogP contribution in [0.2, 0.25) is 5.02 Å². The molecule has 0 amide bonds. The first kappa shape index (κ1) is 17.0. The fourth-order valence-corrected chi connectivity index (χ4v) is 2.90. The summed E-state index contributed by atoms with van der Waals surface area (Å²) >= 11 is 6.30. The van der Waals surface area contributed by atoms with Gasteiger partial charge in [-0.05, 0) is 24.6 Å². The van der Waals surface area contributed by atoms with Gasteiger partial charge in [0.2, 0.25) is 5.89 Å². The molecular weight excluding hydrogens is 330 g/mol. The number of aromatic nitrogens is 2. The fourth-order valence-electron chi connectivity index (χ4n) is 2.65. The molecule has 3 rings (SSSR count). The molecule has 7 heteroatoms. The Morgan fingerprint density at radius 2 is 2.38 bits per heavy atom. The molecule has 6 nitrogen and oxygen atoms in total. The topological polar surface area (TPSA) is 60.6 Å². The third-order valence-electron chi connectivity index (χ3n) is 3.81. The van der Waals surface area contributed by atoms with E-state index in [1.807, 2.05) is 25.1 Å². The molecule has 1 unspecified atom stereocenters. The van der Waals surface area contributed by atoms with Gasteiger partial charge in [-0.15, -0.1) is 0 Å². The molecule has 128 valence electrons. The summed E-state index contributed by atoms with van der Waals surface area (Å²) in [5.41, 5.74) is 1.09. The molecule has 24 heavy (non-hydrogen) atoms. The van der Waals surface area contributed by atoms with Crippen molar-refractivity contribution in [3.63, 3.8) is 0 Å². The number of nitrogens with zero attached hydrogens (tertiary/aromatic N) is 3. The van der Waals surface area contributed by atoms with Crippen molar-refractivity contribution in [2.45, 2.75) is 19.5 Å². The highest BCUT2D eigenvalue weighted by Gasteiger charge is 2.29. The predicted molar refractivity (Wildman–Crippen MR) is 90.1 cm³/mol. The van der Waals surface area contributed by atoms with E-state index in [1.54, 1.807) is 6.08 Å². The van der Waals surface area contributed by atoms with E-state index in [1.165, 1.54) is 0 Å². The van der Waals surface area contributed by atoms with Crippen molar-refractivity contribution >= 4 is 11.6 Å². The van der Waals surface area contributed by atoms with Crippen molar-refractivity contribution in [3.8, 4) is 5.75 Å². The van der Waals surface area contributed by atoms with Crippen LogP contribution in [0.4, 0.5) is 0 Å². The first-order valence-electron chi connectivity index (χ1n) is 7.81. The molecule has 1 aliphatic rings. The van der Waals surface area contributed by atoms with E-state index in [9.17, 15) is 0 Å². The van der Waals surface area contributed by atoms with Crippen molar-refractivity contribution in [1.82, 2.24) is 15.0 Å². The Balaban J connectivity index is 1.73. The van der Waals surface area contributed by atoms with Gasteiger partial charge in [-0.3, -0.25) is 4.90 Å². The average molecular weight is 350 g/mol. The summed E-state index contributed by atoms with van der Waals surface area (Å²) in [5.74, 6) is 1.87. The number of benzene rings is 1. The predicted octanol–water partition coefficient (Wildman–Crippen LogP) is 3.17. The van der Waals surface area contributed by atoms with Crippen LogP contribution in [0.25, 0.3) is 0 Å². The van der Waals surface area contributed by atoms with Crippen LogP contribution in [0.5, 0.6) is 5.75 Å². The number of morpholine rings is 1. The van der Waals surface area contributed by atoms with E-state index in [-0.39, 0.29) is 6.04 Å². The smallest absolute Gasteiger partial charge is 0.246 e. The number of rotatable bonds is 6. The Morgan fingerprint density at radius 3 is 3.08 bits per heavy atom. The SMILES string of the molecule is C=CCOc1ccc(CN2CCOCC2c2nc(C)no2)cc1Cl. The van der Waals surface area contributed by atoms with Crippen molar-refractivity contribution in [1.29, 1.82) is 0 Å². The summed E-state index contributed by atoms with van der Waals surface area (Å²) in [4.78, 5) is 6.59. The Bertz CT molecular complexity index is 704. The maximum absolute atomic E-state index is 6.30. The monoisotopic (exact) mass is 349 g/mol. The number of hydrogen-bond acceptors (Lipinski definition) is 6. The number of ether oxygens (including phenoxy) is 2. The molecule has 0 N–H and O–H groups in total. The van der Waals surface area contributed by atoms with Gasteiger partial charge in [-0.2, -0.15) is 4.98 Å². The fraction of sp³-hybridized carbons (Fsp3) is 0.412. The second-order valence-corrected chi connectivity index (χ2v) is 6.01. The second kappa shape index (κ2) is 7.79. The summed E-state index contributed by atoms with van der Waals surface area (Å²) in [6.45, 7) is 8.60. The molecule has 1 aliphatic heterocycles. The lowest BCUT2D eigenvalue weighted by molar-refractivity contribution is -0.0241. The number of aryl methyl sites for hydroxylation is 1. The maximum Gasteiger partial charge on any atom is 0.246 e. The van der Waals surface area contributed by atoms with E-state index in [0.717, 1.165) is 18.7 Å². The minimum Gasteiger partial charge on any atom is -0.488 e. The molecule has 0 spiro atoms. The first-order chi connectivity index (χ1) is 11.7. The van der Waals surface area contributed by atoms with Gasteiger partial charge in [0.1, 0.15) is 18.4 Å². The zero-order valence-corrected chi connectivity index (χ0v) is 14.3. The molecule has 1 aromatic carbocycles. The van der Waals surface area contributed by atoms with E-state index in [4.69, 9.17) is 25.6 Å². The third kappa shape index (κ3) is 3.95. The van der Waals surface area contributed by atoms with Gasteiger partial charge in [0.05, 0.1) is 18.2 Å². The molecule has 2 heterocycles. The highest BCUT2D eigenvalue weighted by atomic mass is 35.5. The Morgan fingerprint density at radius 1 is 1.50 bits per heavy atom. The van der Waals surface area contributed by atoms with Gasteiger partial charge in [0, 0.05) is 13.1 Å². The van der Waals surface area contributed by atoms with Crippen LogP contribution in [-0.2, 0) is 11.3 Å². The standard InChI is InChI=1S/C17H20ClN3O3/c1-3-7-23-16-5-4-13(9-14(16)18)10-21-6-8-22-11-15(21)17-19-12(2)20-24-17/h3-5,9,15H,1,6-8,10-11H2,2H3. The largest absolute Gasteiger partial charge is 0.488 e. The third-order valence-corrected chi connectivity index (χ3v) is 4.10. The summed E-state index contributed by atoms with van der Waals surface area (Å²) < 4.78 is 16.4. The zero-order valence-electron chi connectivity index (χ0n) is 13.6. The van der Waals surface area contributed by atoms with Crippen LogP contribution >= 0.6 is 11.6 Å². The number of halogens is 1. The van der Waals surface area contributed by atoms with Crippen LogP contribution in [0, 0.1) is 6.92 Å². The summed E-state index contributed by atoms with van der Waals surface area (Å²) in [6, 6.07) is 5.77. The molecule has 0 saturated carbocycles. The van der Waals surface area contributed by atoms with E-state index >= 15 is 0 Å². The van der Waals surface area contributed by atoms with Crippen LogP contribution in [0.15, 0.2) is 35.4 Å². The van der Waals surface area contributed by atoms with Gasteiger partial charge in [-0.25, -0.2) is 0 Å². The van der Waals surface area contributed by atoms with Crippen molar-refractivity contribution < 1.29 is 14.0 Å². The van der Waals surface area contributed by atoms with Crippen LogP contribution in [0.3, 0.4) is 0 Å². The van der Waals surface area contributed by atoms with Gasteiger partial charge in [0.15, 0.2) is 5.82 Å². The molecule has 1 saturated heterocycles. The Kier molecular flexibility index (Phi) is 5.50. The van der Waals surface area contributed by atoms with Crippen molar-refractivity contribution in [2.75, 3.05) is 26.4 Å². The van der Waals surface area contributed by atoms with E-state index in [0.29, 0.717) is 42.3 Å². The lowest BCUT2D eigenvalue weighted by Gasteiger charge is -2.33. The molecule has 0 bridgehead atoms. The lowest BCUT2D eigenvalue weighted by atomic mass is 10.1. The molecule has 1 fully saturated rings. The lowest BCUT2D eigenvalue weighted by Crippen LogP contribution is -2.39. The molecule has 1 atom stereocenters. The van der Waals surface area contributed by atoms with Crippen LogP contribution in [-0.4, -0.2) is 41.4 Å². The quantitative estimate of drug-likeness (QED) is 0.746. The van der Waals surface area contributed by atoms with E-state index < -0.39 is 0 Å². The minimum absolute atomic E-state index is 0.0459. The summed E-state index contributed by atoms with van der Waals surface area (Å²) in [6.07, 6.45) is 1.69. The van der Waals surface area contributed by atoms with Gasteiger partial charge >= 0.3 is 0 Å². The van der Waals surface area contributed by atoms with Crippen LogP contribution in [0.1, 0.15) is 23.3 Å². The molecular formula is C17H20ClN3O3. The number of hydrogen-bond donors (Lipinski definition) is 0. The molecule has 1 aromatic heterocycles. The first-order valence-corrected chi connectivity index (χ1v) is 8.19. The summed E-state index contributed by atoms with van der Waals surface area (Å²) in [7, 11) is 0. The van der Waals surface area contributed by atoms with Crippen molar-refractivity contribution in [3.05, 3.63) is 53.2 Å². The molecule has 0 radical (unpaired) electrons.